The Morgan fingerprint density at radius 1 is 1.33 bits per heavy atom. The van der Waals surface area contributed by atoms with E-state index in [0.29, 0.717) is 10.3 Å². The van der Waals surface area contributed by atoms with Crippen LogP contribution in [0.5, 0.6) is 5.75 Å². The van der Waals surface area contributed by atoms with Crippen LogP contribution in [0.3, 0.4) is 0 Å². The summed E-state index contributed by atoms with van der Waals surface area (Å²) >= 11 is 8.93. The number of nitriles is 1. The minimum absolute atomic E-state index is 0.569. The van der Waals surface area contributed by atoms with E-state index >= 15 is 0 Å². The first-order valence-corrected chi connectivity index (χ1v) is 7.33. The van der Waals surface area contributed by atoms with Gasteiger partial charge in [-0.25, -0.2) is 0 Å². The normalized spacial score (nSPS) is 10.5. The summed E-state index contributed by atoms with van der Waals surface area (Å²) in [6.45, 7) is 0. The number of fused-ring (bicyclic) bond motifs is 1. The zero-order chi connectivity index (χ0) is 15.0. The summed E-state index contributed by atoms with van der Waals surface area (Å²) < 4.78 is 8.64. The van der Waals surface area contributed by atoms with E-state index in [2.05, 4.69) is 27.0 Å². The van der Waals surface area contributed by atoms with Crippen molar-refractivity contribution in [1.29, 1.82) is 5.26 Å². The van der Waals surface area contributed by atoms with E-state index in [9.17, 15) is 0 Å². The lowest BCUT2D eigenvalue weighted by molar-refractivity contribution is 0.419. The second-order valence-electron chi connectivity index (χ2n) is 4.40. The molecule has 0 amide bonds. The van der Waals surface area contributed by atoms with Crippen molar-refractivity contribution in [3.05, 3.63) is 51.2 Å². The topological polar surface area (TPSA) is 53.7 Å². The summed E-state index contributed by atoms with van der Waals surface area (Å²) in [7, 11) is 1.63. The molecule has 0 radical (unpaired) electrons. The van der Waals surface area contributed by atoms with E-state index in [1.54, 1.807) is 19.2 Å². The van der Waals surface area contributed by atoms with Crippen LogP contribution in [-0.4, -0.2) is 16.7 Å². The Hall–Kier alpha value is -2.10. The van der Waals surface area contributed by atoms with Crippen molar-refractivity contribution in [3.63, 3.8) is 0 Å². The molecule has 3 aromatic rings. The number of para-hydroxylation sites is 1. The predicted molar refractivity (Wildman–Crippen MR) is 87.4 cm³/mol. The molecule has 3 rings (SSSR count). The number of H-pyrrole nitrogens is 1. The number of imidazole rings is 1. The van der Waals surface area contributed by atoms with Gasteiger partial charge in [0.25, 0.3) is 0 Å². The third-order valence-electron chi connectivity index (χ3n) is 3.22. The number of nitrogens with one attached hydrogen (secondary N) is 1. The van der Waals surface area contributed by atoms with Crippen LogP contribution in [0, 0.1) is 16.1 Å². The van der Waals surface area contributed by atoms with Gasteiger partial charge < -0.3 is 9.72 Å². The fourth-order valence-electron chi connectivity index (χ4n) is 2.27. The van der Waals surface area contributed by atoms with Gasteiger partial charge in [0.15, 0.2) is 4.77 Å². The van der Waals surface area contributed by atoms with E-state index in [1.165, 1.54) is 0 Å². The Morgan fingerprint density at radius 3 is 2.81 bits per heavy atom. The van der Waals surface area contributed by atoms with Gasteiger partial charge in [-0.1, -0.05) is 6.07 Å². The first kappa shape index (κ1) is 13.9. The zero-order valence-electron chi connectivity index (χ0n) is 11.1. The molecule has 0 aliphatic heterocycles. The number of methoxy groups -OCH3 is 1. The van der Waals surface area contributed by atoms with E-state index in [1.807, 2.05) is 28.8 Å². The van der Waals surface area contributed by atoms with Gasteiger partial charge in [0.1, 0.15) is 11.3 Å². The number of aromatic nitrogens is 2. The van der Waals surface area contributed by atoms with Crippen molar-refractivity contribution in [2.24, 2.45) is 0 Å². The van der Waals surface area contributed by atoms with E-state index in [-0.39, 0.29) is 0 Å². The van der Waals surface area contributed by atoms with Crippen LogP contribution in [0.15, 0.2) is 40.9 Å². The fraction of sp³-hybridized carbons (Fsp3) is 0.0667. The van der Waals surface area contributed by atoms with Crippen LogP contribution in [-0.2, 0) is 0 Å². The maximum atomic E-state index is 8.96. The third-order valence-corrected chi connectivity index (χ3v) is 4.14. The van der Waals surface area contributed by atoms with Gasteiger partial charge >= 0.3 is 0 Å². The summed E-state index contributed by atoms with van der Waals surface area (Å²) in [6, 6.07) is 13.3. The summed E-state index contributed by atoms with van der Waals surface area (Å²) in [4.78, 5) is 3.17. The Labute approximate surface area is 134 Å². The van der Waals surface area contributed by atoms with Crippen LogP contribution in [0.2, 0.25) is 0 Å². The highest BCUT2D eigenvalue weighted by Crippen LogP contribution is 2.30. The van der Waals surface area contributed by atoms with Crippen LogP contribution in [0.25, 0.3) is 16.7 Å². The highest BCUT2D eigenvalue weighted by atomic mass is 79.9. The van der Waals surface area contributed by atoms with Crippen molar-refractivity contribution in [3.8, 4) is 17.5 Å². The minimum atomic E-state index is 0.569. The van der Waals surface area contributed by atoms with Gasteiger partial charge in [-0.2, -0.15) is 5.26 Å². The number of rotatable bonds is 2. The molecule has 0 unspecified atom stereocenters. The number of aromatic amines is 1. The first-order valence-electron chi connectivity index (χ1n) is 6.13. The molecule has 1 heterocycles. The Morgan fingerprint density at radius 2 is 2.14 bits per heavy atom. The van der Waals surface area contributed by atoms with Crippen LogP contribution in [0.1, 0.15) is 5.56 Å². The maximum Gasteiger partial charge on any atom is 0.182 e. The highest BCUT2D eigenvalue weighted by Gasteiger charge is 2.12. The second kappa shape index (κ2) is 5.35. The maximum absolute atomic E-state index is 8.96. The molecule has 1 N–H and O–H groups in total. The lowest BCUT2D eigenvalue weighted by Crippen LogP contribution is -1.96. The molecule has 2 aromatic carbocycles. The van der Waals surface area contributed by atoms with E-state index < -0.39 is 0 Å². The molecule has 6 heteroatoms. The molecule has 0 fully saturated rings. The Kier molecular flexibility index (Phi) is 3.53. The standard InChI is InChI=1S/C15H10BrN3OS/c1-20-13-4-2-3-12-14(13)18-15(21)19(12)11-6-5-9(8-17)7-10(11)16/h2-7H,1H3,(H,18,21). The summed E-state index contributed by atoms with van der Waals surface area (Å²) in [5.41, 5.74) is 3.24. The highest BCUT2D eigenvalue weighted by molar-refractivity contribution is 9.10. The van der Waals surface area contributed by atoms with Gasteiger partial charge in [-0.05, 0) is 58.5 Å². The summed E-state index contributed by atoms with van der Waals surface area (Å²) in [5, 5.41) is 8.96. The smallest absolute Gasteiger partial charge is 0.182 e. The number of halogens is 1. The first-order chi connectivity index (χ1) is 10.2. The predicted octanol–water partition coefficient (Wildman–Crippen LogP) is 4.33. The average molecular weight is 360 g/mol. The molecule has 0 spiro atoms. The van der Waals surface area contributed by atoms with Gasteiger partial charge in [0.2, 0.25) is 0 Å². The quantitative estimate of drug-likeness (QED) is 0.692. The third kappa shape index (κ3) is 2.24. The molecular weight excluding hydrogens is 350 g/mol. The molecule has 0 saturated carbocycles. The van der Waals surface area contributed by atoms with Crippen LogP contribution in [0.4, 0.5) is 0 Å². The molecule has 1 aromatic heterocycles. The van der Waals surface area contributed by atoms with Crippen molar-refractivity contribution in [2.75, 3.05) is 7.11 Å². The molecule has 0 bridgehead atoms. The lowest BCUT2D eigenvalue weighted by Gasteiger charge is -2.08. The average Bonchev–Trinajstić information content (AvgIpc) is 2.83. The molecule has 0 atom stereocenters. The molecular formula is C15H10BrN3OS. The Balaban J connectivity index is 2.34. The van der Waals surface area contributed by atoms with Crippen LogP contribution >= 0.6 is 28.1 Å². The van der Waals surface area contributed by atoms with Crippen LogP contribution < -0.4 is 4.74 Å². The molecule has 0 saturated heterocycles. The monoisotopic (exact) mass is 359 g/mol. The molecule has 104 valence electrons. The second-order valence-corrected chi connectivity index (χ2v) is 5.64. The Bertz CT molecular complexity index is 936. The summed E-state index contributed by atoms with van der Waals surface area (Å²) in [5.74, 6) is 0.738. The molecule has 21 heavy (non-hydrogen) atoms. The van der Waals surface area contributed by atoms with Crippen molar-refractivity contribution in [2.45, 2.75) is 0 Å². The fourth-order valence-corrected chi connectivity index (χ4v) is 3.13. The number of benzene rings is 2. The SMILES string of the molecule is COc1cccc2c1[nH]c(=S)n2-c1ccc(C#N)cc1Br. The van der Waals surface area contributed by atoms with Crippen molar-refractivity contribution < 1.29 is 4.74 Å². The number of hydrogen-bond donors (Lipinski definition) is 1. The minimum Gasteiger partial charge on any atom is -0.494 e. The summed E-state index contributed by atoms with van der Waals surface area (Å²) in [6.07, 6.45) is 0. The lowest BCUT2D eigenvalue weighted by atomic mass is 10.2. The molecule has 0 aliphatic carbocycles. The molecule has 4 nitrogen and oxygen atoms in total. The number of ether oxygens (including phenoxy) is 1. The van der Waals surface area contributed by atoms with Crippen molar-refractivity contribution >= 4 is 39.2 Å². The van der Waals surface area contributed by atoms with E-state index in [0.717, 1.165) is 26.9 Å². The zero-order valence-corrected chi connectivity index (χ0v) is 13.5. The van der Waals surface area contributed by atoms with Gasteiger partial charge in [-0.15, -0.1) is 0 Å². The number of hydrogen-bond acceptors (Lipinski definition) is 3. The molecule has 0 aliphatic rings. The number of nitrogens with zero attached hydrogens (tertiary/aromatic N) is 2. The van der Waals surface area contributed by atoms with Gasteiger partial charge in [-0.3, -0.25) is 4.57 Å². The largest absolute Gasteiger partial charge is 0.494 e. The van der Waals surface area contributed by atoms with Crippen molar-refractivity contribution in [1.82, 2.24) is 9.55 Å². The van der Waals surface area contributed by atoms with Gasteiger partial charge in [0, 0.05) is 4.47 Å². The van der Waals surface area contributed by atoms with Gasteiger partial charge in [0.05, 0.1) is 29.9 Å². The van der Waals surface area contributed by atoms with E-state index in [4.69, 9.17) is 22.2 Å².